The molecule has 0 aromatic carbocycles. The number of hydrogen-bond acceptors (Lipinski definition) is 2. The van der Waals surface area contributed by atoms with Gasteiger partial charge < -0.3 is 10.5 Å². The molecule has 0 aliphatic heterocycles. The molecule has 96 valence electrons. The van der Waals surface area contributed by atoms with E-state index in [2.05, 4.69) is 27.7 Å². The predicted molar refractivity (Wildman–Crippen MR) is 74.4 cm³/mol. The molecule has 2 N–H and O–H groups in total. The average molecular weight is 245 g/mol. The zero-order valence-electron chi connectivity index (χ0n) is 11.2. The maximum atomic E-state index is 5.48. The summed E-state index contributed by atoms with van der Waals surface area (Å²) in [4.78, 5) is 0. The molecule has 0 heterocycles. The lowest BCUT2D eigenvalue weighted by Crippen LogP contribution is -2.24. The van der Waals surface area contributed by atoms with Gasteiger partial charge in [-0.3, -0.25) is 0 Å². The average Bonchev–Trinajstić information content (AvgIpc) is 2.09. The molecular formula is C13H27NOS. The minimum atomic E-state index is 0.189. The summed E-state index contributed by atoms with van der Waals surface area (Å²) in [5.74, 6) is 1.42. The maximum Gasteiger partial charge on any atom is 0.254 e. The summed E-state index contributed by atoms with van der Waals surface area (Å²) >= 11 is 4.80. The Hall–Kier alpha value is -0.310. The highest BCUT2D eigenvalue weighted by Gasteiger charge is 2.12. The number of hydrogen-bond donors (Lipinski definition) is 1. The molecule has 0 aliphatic rings. The lowest BCUT2D eigenvalue weighted by Gasteiger charge is -2.19. The second kappa shape index (κ2) is 8.80. The van der Waals surface area contributed by atoms with Crippen molar-refractivity contribution in [2.75, 3.05) is 0 Å². The van der Waals surface area contributed by atoms with Gasteiger partial charge in [-0.05, 0) is 43.3 Å². The van der Waals surface area contributed by atoms with E-state index in [1.54, 1.807) is 0 Å². The van der Waals surface area contributed by atoms with Crippen molar-refractivity contribution in [3.8, 4) is 0 Å². The van der Waals surface area contributed by atoms with Crippen LogP contribution in [0.25, 0.3) is 0 Å². The van der Waals surface area contributed by atoms with Crippen LogP contribution in [0.15, 0.2) is 0 Å². The molecule has 0 aromatic heterocycles. The number of unbranched alkanes of at least 4 members (excludes halogenated alkanes) is 1. The molecule has 3 heteroatoms. The lowest BCUT2D eigenvalue weighted by atomic mass is 9.99. The van der Waals surface area contributed by atoms with Crippen LogP contribution in [0.3, 0.4) is 0 Å². The van der Waals surface area contributed by atoms with Gasteiger partial charge in [0.1, 0.15) is 6.10 Å². The fourth-order valence-corrected chi connectivity index (χ4v) is 1.98. The molecule has 0 rings (SSSR count). The van der Waals surface area contributed by atoms with Gasteiger partial charge in [-0.15, -0.1) is 0 Å². The summed E-state index contributed by atoms with van der Waals surface area (Å²) in [7, 11) is 0. The summed E-state index contributed by atoms with van der Waals surface area (Å²) in [6, 6.07) is 0. The zero-order chi connectivity index (χ0) is 12.6. The number of rotatable bonds is 8. The fourth-order valence-electron chi connectivity index (χ4n) is 1.84. The quantitative estimate of drug-likeness (QED) is 0.520. The molecule has 0 amide bonds. The Morgan fingerprint density at radius 2 is 1.62 bits per heavy atom. The lowest BCUT2D eigenvalue weighted by molar-refractivity contribution is 0.150. The first kappa shape index (κ1) is 15.7. The van der Waals surface area contributed by atoms with E-state index in [1.807, 2.05) is 0 Å². The van der Waals surface area contributed by atoms with Crippen LogP contribution in [-0.2, 0) is 4.74 Å². The van der Waals surface area contributed by atoms with Gasteiger partial charge >= 0.3 is 0 Å². The van der Waals surface area contributed by atoms with Crippen molar-refractivity contribution in [2.24, 2.45) is 17.6 Å². The molecule has 0 radical (unpaired) electrons. The Bertz CT molecular complexity index is 192. The maximum absolute atomic E-state index is 5.48. The normalized spacial score (nSPS) is 13.1. The topological polar surface area (TPSA) is 35.2 Å². The highest BCUT2D eigenvalue weighted by molar-refractivity contribution is 7.80. The second-order valence-corrected chi connectivity index (χ2v) is 5.77. The molecule has 0 aliphatic carbocycles. The van der Waals surface area contributed by atoms with Gasteiger partial charge in [0.15, 0.2) is 0 Å². The molecule has 0 saturated heterocycles. The van der Waals surface area contributed by atoms with E-state index in [1.165, 1.54) is 19.3 Å². The highest BCUT2D eigenvalue weighted by Crippen LogP contribution is 2.16. The molecular weight excluding hydrogens is 218 g/mol. The molecule has 0 spiro atoms. The largest absolute Gasteiger partial charge is 0.468 e. The van der Waals surface area contributed by atoms with Crippen LogP contribution in [-0.4, -0.2) is 11.3 Å². The third-order valence-electron chi connectivity index (χ3n) is 2.57. The van der Waals surface area contributed by atoms with E-state index in [4.69, 9.17) is 22.7 Å². The Labute approximate surface area is 106 Å². The third-order valence-corrected chi connectivity index (χ3v) is 2.67. The van der Waals surface area contributed by atoms with Gasteiger partial charge in [0.25, 0.3) is 5.17 Å². The molecule has 1 atom stereocenters. The van der Waals surface area contributed by atoms with E-state index in [-0.39, 0.29) is 11.3 Å². The van der Waals surface area contributed by atoms with Crippen molar-refractivity contribution >= 4 is 17.4 Å². The van der Waals surface area contributed by atoms with Crippen molar-refractivity contribution in [3.05, 3.63) is 0 Å². The van der Waals surface area contributed by atoms with Crippen molar-refractivity contribution in [3.63, 3.8) is 0 Å². The van der Waals surface area contributed by atoms with Gasteiger partial charge in [-0.1, -0.05) is 40.5 Å². The first-order valence-electron chi connectivity index (χ1n) is 6.38. The van der Waals surface area contributed by atoms with Crippen LogP contribution in [0.4, 0.5) is 0 Å². The van der Waals surface area contributed by atoms with Gasteiger partial charge in [0.2, 0.25) is 0 Å². The molecule has 1 unspecified atom stereocenters. The summed E-state index contributed by atoms with van der Waals surface area (Å²) in [5, 5.41) is 0.189. The smallest absolute Gasteiger partial charge is 0.254 e. The van der Waals surface area contributed by atoms with E-state index < -0.39 is 0 Å². The Balaban J connectivity index is 3.78. The third kappa shape index (κ3) is 10.2. The van der Waals surface area contributed by atoms with Crippen LogP contribution >= 0.6 is 12.2 Å². The number of nitrogens with two attached hydrogens (primary N) is 1. The molecule has 0 bridgehead atoms. The summed E-state index contributed by atoms with van der Waals surface area (Å²) in [5.41, 5.74) is 5.43. The zero-order valence-corrected chi connectivity index (χ0v) is 12.0. The molecule has 2 nitrogen and oxygen atoms in total. The van der Waals surface area contributed by atoms with Gasteiger partial charge in [-0.2, -0.15) is 0 Å². The van der Waals surface area contributed by atoms with Gasteiger partial charge in [-0.25, -0.2) is 0 Å². The van der Waals surface area contributed by atoms with Crippen LogP contribution in [0, 0.1) is 11.8 Å². The van der Waals surface area contributed by atoms with Gasteiger partial charge in [0, 0.05) is 0 Å². The van der Waals surface area contributed by atoms with Crippen molar-refractivity contribution < 1.29 is 4.74 Å². The first-order valence-corrected chi connectivity index (χ1v) is 6.78. The van der Waals surface area contributed by atoms with Crippen molar-refractivity contribution in [1.29, 1.82) is 0 Å². The Morgan fingerprint density at radius 3 is 2.06 bits per heavy atom. The van der Waals surface area contributed by atoms with Crippen molar-refractivity contribution in [2.45, 2.75) is 65.9 Å². The first-order chi connectivity index (χ1) is 7.41. The minimum absolute atomic E-state index is 0.189. The highest BCUT2D eigenvalue weighted by atomic mass is 32.1. The van der Waals surface area contributed by atoms with E-state index in [9.17, 15) is 0 Å². The molecule has 0 fully saturated rings. The monoisotopic (exact) mass is 245 g/mol. The fraction of sp³-hybridized carbons (Fsp3) is 0.923. The Morgan fingerprint density at radius 1 is 1.06 bits per heavy atom. The second-order valence-electron chi connectivity index (χ2n) is 5.37. The SMILES string of the molecule is CC(C)CCCCC(CC(C)C)OC(N)=S. The van der Waals surface area contributed by atoms with E-state index in [0.29, 0.717) is 5.92 Å². The molecule has 0 saturated carbocycles. The standard InChI is InChI=1S/C13H27NOS/c1-10(2)7-5-6-8-12(9-11(3)4)15-13(14)16/h10-12H,5-9H2,1-4H3,(H2,14,16). The van der Waals surface area contributed by atoms with Crippen LogP contribution in [0.1, 0.15) is 59.8 Å². The number of thiocarbonyl (C=S) groups is 1. The Kier molecular flexibility index (Phi) is 8.63. The molecule has 16 heavy (non-hydrogen) atoms. The summed E-state index contributed by atoms with van der Waals surface area (Å²) < 4.78 is 5.48. The van der Waals surface area contributed by atoms with Crippen molar-refractivity contribution in [1.82, 2.24) is 0 Å². The van der Waals surface area contributed by atoms with Crippen LogP contribution < -0.4 is 5.73 Å². The van der Waals surface area contributed by atoms with Crippen LogP contribution in [0.2, 0.25) is 0 Å². The van der Waals surface area contributed by atoms with E-state index >= 15 is 0 Å². The predicted octanol–water partition coefficient (Wildman–Crippen LogP) is 3.88. The number of ether oxygens (including phenoxy) is 1. The summed E-state index contributed by atoms with van der Waals surface area (Å²) in [6.45, 7) is 8.92. The van der Waals surface area contributed by atoms with Gasteiger partial charge in [0.05, 0.1) is 0 Å². The van der Waals surface area contributed by atoms with E-state index in [0.717, 1.165) is 18.8 Å². The minimum Gasteiger partial charge on any atom is -0.468 e. The van der Waals surface area contributed by atoms with Crippen LogP contribution in [0.5, 0.6) is 0 Å². The summed E-state index contributed by atoms with van der Waals surface area (Å²) in [6.07, 6.45) is 6.10. The molecule has 0 aromatic rings.